The van der Waals surface area contributed by atoms with E-state index in [9.17, 15) is 14.4 Å². The topological polar surface area (TPSA) is 84.9 Å². The van der Waals surface area contributed by atoms with Gasteiger partial charge in [-0.3, -0.25) is 14.4 Å². The Balaban J connectivity index is 2.01. The zero-order valence-electron chi connectivity index (χ0n) is 12.5. The van der Waals surface area contributed by atoms with E-state index >= 15 is 0 Å². The first-order chi connectivity index (χ1) is 10.5. The number of anilines is 1. The van der Waals surface area contributed by atoms with E-state index in [4.69, 9.17) is 4.74 Å². The Hall–Kier alpha value is -2.57. The second kappa shape index (κ2) is 6.93. The molecule has 0 aliphatic carbocycles. The second-order valence-corrected chi connectivity index (χ2v) is 4.90. The van der Waals surface area contributed by atoms with Crippen LogP contribution in [0.1, 0.15) is 6.42 Å². The summed E-state index contributed by atoms with van der Waals surface area (Å²) in [5.41, 5.74) is 0.688. The highest BCUT2D eigenvalue weighted by Gasteiger charge is 2.35. The monoisotopic (exact) mass is 306 g/mol. The molecule has 0 unspecified atom stereocenters. The maximum atomic E-state index is 12.1. The molecule has 0 saturated carbocycles. The van der Waals surface area contributed by atoms with Crippen molar-refractivity contribution in [3.05, 3.63) is 24.3 Å². The van der Waals surface area contributed by atoms with Crippen molar-refractivity contribution in [1.29, 1.82) is 0 Å². The van der Waals surface area contributed by atoms with Gasteiger partial charge >= 0.3 is 5.97 Å². The van der Waals surface area contributed by atoms with Gasteiger partial charge in [-0.1, -0.05) is 6.07 Å². The molecule has 1 N–H and O–H groups in total. The van der Waals surface area contributed by atoms with Crippen LogP contribution in [-0.4, -0.2) is 45.1 Å². The van der Waals surface area contributed by atoms with Crippen LogP contribution in [0.3, 0.4) is 0 Å². The van der Waals surface area contributed by atoms with Crippen LogP contribution in [-0.2, 0) is 19.1 Å². The van der Waals surface area contributed by atoms with Crippen molar-refractivity contribution in [3.63, 3.8) is 0 Å². The molecule has 7 nitrogen and oxygen atoms in total. The second-order valence-electron chi connectivity index (χ2n) is 4.90. The minimum absolute atomic E-state index is 0.115. The lowest BCUT2D eigenvalue weighted by Gasteiger charge is -2.17. The van der Waals surface area contributed by atoms with Gasteiger partial charge in [0.1, 0.15) is 12.3 Å². The number of nitrogens with zero attached hydrogens (tertiary/aromatic N) is 1. The predicted molar refractivity (Wildman–Crippen MR) is 78.5 cm³/mol. The van der Waals surface area contributed by atoms with E-state index in [1.54, 1.807) is 36.3 Å². The van der Waals surface area contributed by atoms with Gasteiger partial charge in [0.2, 0.25) is 11.8 Å². The maximum absolute atomic E-state index is 12.1. The van der Waals surface area contributed by atoms with E-state index in [1.807, 2.05) is 0 Å². The van der Waals surface area contributed by atoms with Crippen LogP contribution in [0, 0.1) is 5.92 Å². The van der Waals surface area contributed by atoms with Gasteiger partial charge in [-0.2, -0.15) is 0 Å². The molecule has 0 aromatic heterocycles. The first-order valence-electron chi connectivity index (χ1n) is 6.84. The highest BCUT2D eigenvalue weighted by molar-refractivity contribution is 6.00. The normalized spacial score (nSPS) is 17.3. The minimum atomic E-state index is -0.526. The molecular formula is C15H18N2O5. The number of hydrogen-bond donors (Lipinski definition) is 1. The molecule has 118 valence electrons. The largest absolute Gasteiger partial charge is 0.497 e. The Morgan fingerprint density at radius 3 is 2.82 bits per heavy atom. The lowest BCUT2D eigenvalue weighted by molar-refractivity contribution is -0.141. The van der Waals surface area contributed by atoms with Crippen molar-refractivity contribution >= 4 is 23.5 Å². The molecule has 1 aliphatic heterocycles. The molecule has 0 bridgehead atoms. The average Bonchev–Trinajstić information content (AvgIpc) is 2.94. The predicted octanol–water partition coefficient (Wildman–Crippen LogP) is 0.337. The third-order valence-corrected chi connectivity index (χ3v) is 3.50. The molecule has 1 aliphatic rings. The average molecular weight is 306 g/mol. The fourth-order valence-electron chi connectivity index (χ4n) is 2.29. The Labute approximate surface area is 128 Å². The summed E-state index contributed by atoms with van der Waals surface area (Å²) in [7, 11) is 2.80. The zero-order chi connectivity index (χ0) is 16.1. The summed E-state index contributed by atoms with van der Waals surface area (Å²) >= 11 is 0. The number of amides is 2. The van der Waals surface area contributed by atoms with Gasteiger partial charge < -0.3 is 19.7 Å². The van der Waals surface area contributed by atoms with E-state index in [-0.39, 0.29) is 31.3 Å². The van der Waals surface area contributed by atoms with E-state index in [1.165, 1.54) is 7.11 Å². The van der Waals surface area contributed by atoms with Crippen LogP contribution in [0.4, 0.5) is 5.69 Å². The molecule has 1 aromatic carbocycles. The van der Waals surface area contributed by atoms with E-state index in [0.29, 0.717) is 11.4 Å². The Morgan fingerprint density at radius 2 is 2.14 bits per heavy atom. The number of esters is 1. The number of hydrogen-bond acceptors (Lipinski definition) is 5. The fourth-order valence-corrected chi connectivity index (χ4v) is 2.29. The zero-order valence-corrected chi connectivity index (χ0v) is 12.5. The molecule has 7 heteroatoms. The van der Waals surface area contributed by atoms with E-state index in [2.05, 4.69) is 10.1 Å². The summed E-state index contributed by atoms with van der Waals surface area (Å²) in [5, 5.41) is 2.47. The van der Waals surface area contributed by atoms with Crippen molar-refractivity contribution in [2.45, 2.75) is 6.42 Å². The molecule has 1 heterocycles. The van der Waals surface area contributed by atoms with Gasteiger partial charge in [-0.05, 0) is 12.1 Å². The quantitative estimate of drug-likeness (QED) is 0.793. The van der Waals surface area contributed by atoms with Crippen LogP contribution in [0.25, 0.3) is 0 Å². The molecular weight excluding hydrogens is 288 g/mol. The maximum Gasteiger partial charge on any atom is 0.325 e. The van der Waals surface area contributed by atoms with Crippen molar-refractivity contribution in [2.24, 2.45) is 5.92 Å². The number of nitrogens with one attached hydrogen (secondary N) is 1. The molecule has 0 spiro atoms. The van der Waals surface area contributed by atoms with Crippen molar-refractivity contribution in [1.82, 2.24) is 5.32 Å². The van der Waals surface area contributed by atoms with Crippen molar-refractivity contribution in [2.75, 3.05) is 32.2 Å². The van der Waals surface area contributed by atoms with Gasteiger partial charge in [-0.25, -0.2) is 0 Å². The molecule has 0 radical (unpaired) electrons. The third kappa shape index (κ3) is 3.55. The van der Waals surface area contributed by atoms with Crippen LogP contribution in [0.2, 0.25) is 0 Å². The van der Waals surface area contributed by atoms with E-state index in [0.717, 1.165) is 0 Å². The summed E-state index contributed by atoms with van der Waals surface area (Å²) in [5.74, 6) is -0.829. The molecule has 1 saturated heterocycles. The Morgan fingerprint density at radius 1 is 1.36 bits per heavy atom. The summed E-state index contributed by atoms with van der Waals surface area (Å²) in [6.07, 6.45) is 0.115. The number of rotatable bonds is 5. The molecule has 1 aromatic rings. The summed E-state index contributed by atoms with van der Waals surface area (Å²) in [6, 6.07) is 7.10. The van der Waals surface area contributed by atoms with Gasteiger partial charge in [0.25, 0.3) is 0 Å². The molecule has 1 atom stereocenters. The third-order valence-electron chi connectivity index (χ3n) is 3.50. The number of methoxy groups -OCH3 is 2. The number of benzene rings is 1. The highest BCUT2D eigenvalue weighted by atomic mass is 16.5. The molecule has 2 amide bonds. The SMILES string of the molecule is COC(=O)CNC(=O)[C@H]1CC(=O)N(c2cccc(OC)c2)C1. The minimum Gasteiger partial charge on any atom is -0.497 e. The fraction of sp³-hybridized carbons (Fsp3) is 0.400. The standard InChI is InChI=1S/C15H18N2O5/c1-21-12-5-3-4-11(7-12)17-9-10(6-13(17)18)15(20)16-8-14(19)22-2/h3-5,7,10H,6,8-9H2,1-2H3,(H,16,20)/t10-/m0/s1. The Bertz CT molecular complexity index is 587. The van der Waals surface area contributed by atoms with E-state index < -0.39 is 11.9 Å². The number of carbonyl (C=O) groups is 3. The lowest BCUT2D eigenvalue weighted by atomic mass is 10.1. The van der Waals surface area contributed by atoms with Gasteiger partial charge in [0, 0.05) is 24.7 Å². The van der Waals surface area contributed by atoms with Crippen LogP contribution < -0.4 is 15.0 Å². The van der Waals surface area contributed by atoms with Crippen molar-refractivity contribution < 1.29 is 23.9 Å². The molecule has 2 rings (SSSR count). The van der Waals surface area contributed by atoms with Gasteiger partial charge in [0.05, 0.1) is 20.1 Å². The lowest BCUT2D eigenvalue weighted by Crippen LogP contribution is -2.36. The molecule has 22 heavy (non-hydrogen) atoms. The summed E-state index contributed by atoms with van der Waals surface area (Å²) in [4.78, 5) is 36.7. The van der Waals surface area contributed by atoms with Crippen LogP contribution in [0.15, 0.2) is 24.3 Å². The van der Waals surface area contributed by atoms with Crippen LogP contribution >= 0.6 is 0 Å². The van der Waals surface area contributed by atoms with Gasteiger partial charge in [-0.15, -0.1) is 0 Å². The first-order valence-corrected chi connectivity index (χ1v) is 6.84. The summed E-state index contributed by atoms with van der Waals surface area (Å²) in [6.45, 7) is 0.0815. The first kappa shape index (κ1) is 15.8. The van der Waals surface area contributed by atoms with Crippen LogP contribution in [0.5, 0.6) is 5.75 Å². The Kier molecular flexibility index (Phi) is 4.98. The summed E-state index contributed by atoms with van der Waals surface area (Å²) < 4.78 is 9.59. The van der Waals surface area contributed by atoms with Gasteiger partial charge in [0.15, 0.2) is 0 Å². The van der Waals surface area contributed by atoms with Crippen molar-refractivity contribution in [3.8, 4) is 5.75 Å². The number of carbonyl (C=O) groups excluding carboxylic acids is 3. The smallest absolute Gasteiger partial charge is 0.325 e. The number of ether oxygens (including phenoxy) is 2. The molecule has 1 fully saturated rings. The highest BCUT2D eigenvalue weighted by Crippen LogP contribution is 2.27.